The van der Waals surface area contributed by atoms with Gasteiger partial charge in [0.1, 0.15) is 5.75 Å². The van der Waals surface area contributed by atoms with Gasteiger partial charge in [-0.15, -0.1) is 0 Å². The Morgan fingerprint density at radius 1 is 1.00 bits per heavy atom. The number of hydrogen-bond acceptors (Lipinski definition) is 3. The molecule has 0 spiro atoms. The molecule has 4 nitrogen and oxygen atoms in total. The topological polar surface area (TPSA) is 51.2 Å². The molecule has 0 fully saturated rings. The summed E-state index contributed by atoms with van der Waals surface area (Å²) in [7, 11) is 1.62. The molecule has 0 aliphatic rings. The number of carbonyl (C=O) groups excluding carboxylic acids is 1. The smallest absolute Gasteiger partial charge is 0.253 e. The highest BCUT2D eigenvalue weighted by atomic mass is 35.5. The molecule has 1 heterocycles. The highest BCUT2D eigenvalue weighted by Crippen LogP contribution is 2.37. The summed E-state index contributed by atoms with van der Waals surface area (Å²) in [5, 5.41) is 4.04. The fourth-order valence-electron chi connectivity index (χ4n) is 3.13. The lowest BCUT2D eigenvalue weighted by molar-refractivity contribution is 0.0918. The predicted octanol–water partition coefficient (Wildman–Crippen LogP) is 6.57. The van der Waals surface area contributed by atoms with Crippen LogP contribution in [0.3, 0.4) is 0 Å². The largest absolute Gasteiger partial charge is 0.497 e. The van der Waals surface area contributed by atoms with Crippen LogP contribution in [-0.4, -0.2) is 23.5 Å². The van der Waals surface area contributed by atoms with Crippen LogP contribution in [0.2, 0.25) is 10.0 Å². The van der Waals surface area contributed by atoms with Crippen molar-refractivity contribution in [2.24, 2.45) is 0 Å². The molecule has 1 N–H and O–H groups in total. The predicted molar refractivity (Wildman–Crippen MR) is 124 cm³/mol. The van der Waals surface area contributed by atoms with Gasteiger partial charge in [0.15, 0.2) is 0 Å². The third-order valence-corrected chi connectivity index (χ3v) is 5.08. The molecule has 0 saturated heterocycles. The van der Waals surface area contributed by atoms with Crippen LogP contribution >= 0.6 is 23.2 Å². The Kier molecular flexibility index (Phi) is 6.39. The molecule has 3 rings (SSSR count). The maximum Gasteiger partial charge on any atom is 0.253 e. The first-order valence-corrected chi connectivity index (χ1v) is 10.3. The van der Waals surface area contributed by atoms with Gasteiger partial charge >= 0.3 is 0 Å². The van der Waals surface area contributed by atoms with Crippen molar-refractivity contribution < 1.29 is 9.53 Å². The summed E-state index contributed by atoms with van der Waals surface area (Å²) >= 11 is 12.6. The SMILES string of the molecule is COc1ccc(-c2nc(C)c(C(=O)NC(C)(C)C)cc2-c2ccc(Cl)cc2Cl)cc1. The second-order valence-electron chi connectivity index (χ2n) is 8.07. The second-order valence-corrected chi connectivity index (χ2v) is 8.92. The zero-order chi connectivity index (χ0) is 22.1. The number of aromatic nitrogens is 1. The first-order valence-electron chi connectivity index (χ1n) is 9.53. The number of pyridine rings is 1. The van der Waals surface area contributed by atoms with Crippen molar-refractivity contribution in [3.05, 3.63) is 69.8 Å². The van der Waals surface area contributed by atoms with Crippen LogP contribution in [0.4, 0.5) is 0 Å². The van der Waals surface area contributed by atoms with E-state index < -0.39 is 0 Å². The van der Waals surface area contributed by atoms with Crippen LogP contribution in [0.15, 0.2) is 48.5 Å². The molecule has 2 aromatic carbocycles. The van der Waals surface area contributed by atoms with Crippen LogP contribution < -0.4 is 10.1 Å². The Morgan fingerprint density at radius 2 is 1.67 bits per heavy atom. The summed E-state index contributed by atoms with van der Waals surface area (Å²) in [6.45, 7) is 7.65. The molecule has 0 bridgehead atoms. The average Bonchev–Trinajstić information content (AvgIpc) is 2.67. The van der Waals surface area contributed by atoms with E-state index in [4.69, 9.17) is 32.9 Å². The van der Waals surface area contributed by atoms with Gasteiger partial charge in [0, 0.05) is 32.3 Å². The Labute approximate surface area is 187 Å². The highest BCUT2D eigenvalue weighted by molar-refractivity contribution is 6.36. The number of hydrogen-bond donors (Lipinski definition) is 1. The van der Waals surface area contributed by atoms with E-state index >= 15 is 0 Å². The van der Waals surface area contributed by atoms with Crippen molar-refractivity contribution in [2.45, 2.75) is 33.2 Å². The molecular formula is C24H24Cl2N2O2. The molecule has 0 saturated carbocycles. The van der Waals surface area contributed by atoms with Crippen LogP contribution in [0.5, 0.6) is 5.75 Å². The van der Waals surface area contributed by atoms with Gasteiger partial charge in [0.25, 0.3) is 5.91 Å². The Hall–Kier alpha value is -2.56. The van der Waals surface area contributed by atoms with Gasteiger partial charge in [-0.25, -0.2) is 0 Å². The summed E-state index contributed by atoms with van der Waals surface area (Å²) in [5.41, 5.74) is 3.90. The minimum atomic E-state index is -0.365. The van der Waals surface area contributed by atoms with Gasteiger partial charge in [-0.1, -0.05) is 29.3 Å². The first-order chi connectivity index (χ1) is 14.1. The van der Waals surface area contributed by atoms with E-state index in [0.29, 0.717) is 21.3 Å². The fourth-order valence-corrected chi connectivity index (χ4v) is 3.64. The number of carbonyl (C=O) groups is 1. The fraction of sp³-hybridized carbons (Fsp3) is 0.250. The zero-order valence-electron chi connectivity index (χ0n) is 17.6. The average molecular weight is 443 g/mol. The Bertz CT molecular complexity index is 1090. The number of amides is 1. The van der Waals surface area contributed by atoms with E-state index in [1.807, 2.05) is 64.1 Å². The van der Waals surface area contributed by atoms with E-state index in [-0.39, 0.29) is 11.4 Å². The summed E-state index contributed by atoms with van der Waals surface area (Å²) < 4.78 is 5.26. The maximum atomic E-state index is 12.9. The summed E-state index contributed by atoms with van der Waals surface area (Å²) in [6, 6.07) is 14.8. The molecule has 1 amide bonds. The first kappa shape index (κ1) is 22.1. The van der Waals surface area contributed by atoms with Gasteiger partial charge in [-0.05, 0) is 70.2 Å². The van der Waals surface area contributed by atoms with Gasteiger partial charge in [0.2, 0.25) is 0 Å². The Balaban J connectivity index is 2.22. The number of nitrogens with zero attached hydrogens (tertiary/aromatic N) is 1. The summed E-state index contributed by atoms with van der Waals surface area (Å²) in [5.74, 6) is 0.572. The molecule has 0 aliphatic heterocycles. The van der Waals surface area contributed by atoms with E-state index in [2.05, 4.69) is 5.32 Å². The van der Waals surface area contributed by atoms with Crippen molar-refractivity contribution in [1.29, 1.82) is 0 Å². The summed E-state index contributed by atoms with van der Waals surface area (Å²) in [4.78, 5) is 17.7. The standard InChI is InChI=1S/C24H24Cl2N2O2/c1-14-19(23(29)28-24(2,3)4)13-20(18-11-8-16(25)12-21(18)26)22(27-14)15-6-9-17(30-5)10-7-15/h6-13H,1-5H3,(H,28,29). The minimum absolute atomic E-state index is 0.180. The Morgan fingerprint density at radius 3 is 2.23 bits per heavy atom. The van der Waals surface area contributed by atoms with E-state index in [1.165, 1.54) is 0 Å². The third-order valence-electron chi connectivity index (χ3n) is 4.53. The second kappa shape index (κ2) is 8.66. The molecule has 3 aromatic rings. The van der Waals surface area contributed by atoms with Crippen LogP contribution in [0.1, 0.15) is 36.8 Å². The maximum absolute atomic E-state index is 12.9. The highest BCUT2D eigenvalue weighted by Gasteiger charge is 2.21. The molecule has 6 heteroatoms. The summed E-state index contributed by atoms with van der Waals surface area (Å²) in [6.07, 6.45) is 0. The molecule has 0 unspecified atom stereocenters. The number of aryl methyl sites for hydroxylation is 1. The van der Waals surface area contributed by atoms with Crippen LogP contribution in [0.25, 0.3) is 22.4 Å². The zero-order valence-corrected chi connectivity index (χ0v) is 19.2. The number of rotatable bonds is 4. The van der Waals surface area contributed by atoms with E-state index in [0.717, 1.165) is 28.1 Å². The lowest BCUT2D eigenvalue weighted by Crippen LogP contribution is -2.41. The number of ether oxygens (including phenoxy) is 1. The molecule has 0 radical (unpaired) electrons. The van der Waals surface area contributed by atoms with E-state index in [1.54, 1.807) is 19.2 Å². The number of halogens is 2. The number of methoxy groups -OCH3 is 1. The monoisotopic (exact) mass is 442 g/mol. The van der Waals surface area contributed by atoms with Crippen molar-refractivity contribution in [3.63, 3.8) is 0 Å². The minimum Gasteiger partial charge on any atom is -0.497 e. The van der Waals surface area contributed by atoms with Crippen molar-refractivity contribution in [3.8, 4) is 28.1 Å². The lowest BCUT2D eigenvalue weighted by atomic mass is 9.96. The van der Waals surface area contributed by atoms with Crippen molar-refractivity contribution in [2.75, 3.05) is 7.11 Å². The molecule has 1 aromatic heterocycles. The van der Waals surface area contributed by atoms with Crippen LogP contribution in [-0.2, 0) is 0 Å². The normalized spacial score (nSPS) is 11.3. The van der Waals surface area contributed by atoms with Gasteiger partial charge in [-0.2, -0.15) is 0 Å². The van der Waals surface area contributed by atoms with E-state index in [9.17, 15) is 4.79 Å². The molecule has 0 atom stereocenters. The molecular weight excluding hydrogens is 419 g/mol. The molecule has 0 aliphatic carbocycles. The number of nitrogens with one attached hydrogen (secondary N) is 1. The van der Waals surface area contributed by atoms with Crippen LogP contribution in [0, 0.1) is 6.92 Å². The quantitative estimate of drug-likeness (QED) is 0.496. The van der Waals surface area contributed by atoms with Crippen molar-refractivity contribution in [1.82, 2.24) is 10.3 Å². The third kappa shape index (κ3) is 4.94. The molecule has 156 valence electrons. The van der Waals surface area contributed by atoms with Crippen molar-refractivity contribution >= 4 is 29.1 Å². The lowest BCUT2D eigenvalue weighted by Gasteiger charge is -2.22. The van der Waals surface area contributed by atoms with Gasteiger partial charge in [-0.3, -0.25) is 9.78 Å². The molecule has 30 heavy (non-hydrogen) atoms. The van der Waals surface area contributed by atoms with Gasteiger partial charge in [0.05, 0.1) is 24.1 Å². The van der Waals surface area contributed by atoms with Gasteiger partial charge < -0.3 is 10.1 Å². The number of benzene rings is 2.